The van der Waals surface area contributed by atoms with Crippen molar-refractivity contribution in [1.29, 1.82) is 0 Å². The van der Waals surface area contributed by atoms with Crippen LogP contribution in [0.2, 0.25) is 0 Å². The first kappa shape index (κ1) is 25.7. The minimum Gasteiger partial charge on any atom is -0.481 e. The molecule has 194 valence electrons. The number of carboxylic acids is 1. The van der Waals surface area contributed by atoms with Crippen LogP contribution in [-0.4, -0.2) is 26.4 Å². The Morgan fingerprint density at radius 2 is 1.69 bits per heavy atom. The molecule has 0 radical (unpaired) electrons. The third-order valence-electron chi connectivity index (χ3n) is 6.82. The number of hydrogen-bond donors (Lipinski definition) is 2. The summed E-state index contributed by atoms with van der Waals surface area (Å²) in [6.07, 6.45) is 3.82. The fourth-order valence-corrected chi connectivity index (χ4v) is 5.23. The van der Waals surface area contributed by atoms with E-state index in [2.05, 4.69) is 22.9 Å². The molecule has 0 fully saturated rings. The van der Waals surface area contributed by atoms with Gasteiger partial charge in [0, 0.05) is 34.6 Å². The summed E-state index contributed by atoms with van der Waals surface area (Å²) < 4.78 is 2.18. The number of aromatic nitrogens is 2. The average molecular weight is 516 g/mol. The highest BCUT2D eigenvalue weighted by molar-refractivity contribution is 6.21. The smallest absolute Gasteiger partial charge is 0.307 e. The number of nitrogens with zero attached hydrogens (tertiary/aromatic N) is 2. The molecule has 0 saturated heterocycles. The summed E-state index contributed by atoms with van der Waals surface area (Å²) in [6.45, 7) is 3.26. The predicted octanol–water partition coefficient (Wildman–Crippen LogP) is 6.25. The summed E-state index contributed by atoms with van der Waals surface area (Å²) in [6, 6.07) is 29.3. The Bertz CT molecular complexity index is 1660. The Kier molecular flexibility index (Phi) is 7.10. The molecule has 2 heterocycles. The van der Waals surface area contributed by atoms with E-state index < -0.39 is 5.97 Å². The minimum absolute atomic E-state index is 0.0558. The van der Waals surface area contributed by atoms with Crippen LogP contribution in [0.4, 0.5) is 0 Å². The van der Waals surface area contributed by atoms with Gasteiger partial charge in [0.05, 0.1) is 17.6 Å². The lowest BCUT2D eigenvalue weighted by Gasteiger charge is -2.21. The number of rotatable bonds is 8. The van der Waals surface area contributed by atoms with E-state index in [1.165, 1.54) is 6.92 Å². The van der Waals surface area contributed by atoms with E-state index in [1.54, 1.807) is 13.1 Å². The van der Waals surface area contributed by atoms with Crippen molar-refractivity contribution in [3.8, 4) is 11.1 Å². The Morgan fingerprint density at radius 1 is 0.923 bits per heavy atom. The van der Waals surface area contributed by atoms with Crippen LogP contribution in [0.15, 0.2) is 109 Å². The van der Waals surface area contributed by atoms with Crippen LogP contribution >= 0.6 is 0 Å². The molecule has 2 aromatic heterocycles. The number of hydrogen-bond acceptors (Lipinski definition) is 4. The molecule has 6 nitrogen and oxygen atoms in total. The molecule has 0 aliphatic carbocycles. The van der Waals surface area contributed by atoms with E-state index in [4.69, 9.17) is 10.7 Å². The van der Waals surface area contributed by atoms with Gasteiger partial charge in [-0.2, -0.15) is 0 Å². The van der Waals surface area contributed by atoms with Gasteiger partial charge in [-0.3, -0.25) is 14.6 Å². The maximum absolute atomic E-state index is 12.5. The van der Waals surface area contributed by atoms with Crippen molar-refractivity contribution in [2.75, 3.05) is 0 Å². The number of aliphatic carboxylic acids is 1. The molecule has 3 N–H and O–H groups in total. The number of fused-ring (bicyclic) bond motifs is 1. The molecule has 0 bridgehead atoms. The first-order valence-corrected chi connectivity index (χ1v) is 12.7. The van der Waals surface area contributed by atoms with Gasteiger partial charge in [0.25, 0.3) is 0 Å². The molecular weight excluding hydrogens is 486 g/mol. The molecule has 5 aromatic rings. The van der Waals surface area contributed by atoms with Gasteiger partial charge in [-0.05, 0) is 54.3 Å². The van der Waals surface area contributed by atoms with Crippen molar-refractivity contribution in [2.24, 2.45) is 5.73 Å². The monoisotopic (exact) mass is 515 g/mol. The molecular formula is C33H29N3O3. The lowest BCUT2D eigenvalue weighted by atomic mass is 9.97. The standard InChI is InChI=1S/C33H29N3O3/c1-21(34)32(22(2)37)26-14-15-27-28(25-12-8-9-23(17-25)18-31(38)39)20-36(30(27)19-26)33(24-10-4-3-5-11-24)29-13-6-7-16-35-29/h3-17,19-20,33H,18,34H2,1-2H3,(H,38,39)/b32-21+. The van der Waals surface area contributed by atoms with E-state index in [0.717, 1.165) is 44.4 Å². The van der Waals surface area contributed by atoms with Crippen LogP contribution in [0.1, 0.15) is 42.3 Å². The van der Waals surface area contributed by atoms with Crippen molar-refractivity contribution in [3.05, 3.63) is 131 Å². The number of carbonyl (C=O) groups excluding carboxylic acids is 1. The van der Waals surface area contributed by atoms with Gasteiger partial charge in [-0.1, -0.05) is 72.8 Å². The second-order valence-electron chi connectivity index (χ2n) is 9.63. The van der Waals surface area contributed by atoms with Crippen LogP contribution in [0.25, 0.3) is 27.6 Å². The summed E-state index contributed by atoms with van der Waals surface area (Å²) >= 11 is 0. The molecule has 39 heavy (non-hydrogen) atoms. The Morgan fingerprint density at radius 3 is 2.36 bits per heavy atom. The third-order valence-corrected chi connectivity index (χ3v) is 6.82. The molecule has 0 saturated carbocycles. The zero-order valence-corrected chi connectivity index (χ0v) is 21.8. The number of Topliss-reactive ketones (excluding diaryl/α,β-unsaturated/α-hetero) is 1. The number of carbonyl (C=O) groups is 2. The number of pyridine rings is 1. The number of allylic oxidation sites excluding steroid dienone is 2. The van der Waals surface area contributed by atoms with Crippen LogP contribution < -0.4 is 5.73 Å². The largest absolute Gasteiger partial charge is 0.481 e. The maximum atomic E-state index is 12.5. The van der Waals surface area contributed by atoms with Crippen molar-refractivity contribution in [3.63, 3.8) is 0 Å². The van der Waals surface area contributed by atoms with Crippen molar-refractivity contribution in [2.45, 2.75) is 26.3 Å². The topological polar surface area (TPSA) is 98.2 Å². The molecule has 0 aliphatic heterocycles. The fourth-order valence-electron chi connectivity index (χ4n) is 5.23. The van der Waals surface area contributed by atoms with Crippen LogP contribution in [-0.2, 0) is 16.0 Å². The Labute approximate surface area is 227 Å². The van der Waals surface area contributed by atoms with Crippen LogP contribution in [0.5, 0.6) is 0 Å². The number of carboxylic acid groups (broad SMARTS) is 1. The van der Waals surface area contributed by atoms with Crippen molar-refractivity contribution in [1.82, 2.24) is 9.55 Å². The average Bonchev–Trinajstić information content (AvgIpc) is 3.28. The zero-order chi connectivity index (χ0) is 27.5. The number of nitrogens with two attached hydrogens (primary N) is 1. The van der Waals surface area contributed by atoms with Gasteiger partial charge < -0.3 is 15.4 Å². The second-order valence-corrected chi connectivity index (χ2v) is 9.63. The summed E-state index contributed by atoms with van der Waals surface area (Å²) in [5.74, 6) is -0.974. The normalized spacial score (nSPS) is 12.7. The van der Waals surface area contributed by atoms with E-state index >= 15 is 0 Å². The predicted molar refractivity (Wildman–Crippen MR) is 154 cm³/mol. The fraction of sp³-hybridized carbons (Fsp3) is 0.121. The molecule has 1 unspecified atom stereocenters. The van der Waals surface area contributed by atoms with Gasteiger partial charge >= 0.3 is 5.97 Å². The van der Waals surface area contributed by atoms with Gasteiger partial charge in [0.15, 0.2) is 5.78 Å². The molecule has 1 atom stereocenters. The Hall–Kier alpha value is -4.97. The lowest BCUT2D eigenvalue weighted by Crippen LogP contribution is -2.13. The van der Waals surface area contributed by atoms with E-state index in [0.29, 0.717) is 11.3 Å². The summed E-state index contributed by atoms with van der Waals surface area (Å²) in [5, 5.41) is 10.3. The summed E-state index contributed by atoms with van der Waals surface area (Å²) in [7, 11) is 0. The molecule has 0 spiro atoms. The van der Waals surface area contributed by atoms with E-state index in [-0.39, 0.29) is 18.2 Å². The minimum atomic E-state index is -0.876. The SMILES string of the molecule is CC(=O)/C(=C(/C)N)c1ccc2c(-c3cccc(CC(=O)O)c3)cn(C(c3ccccc3)c3ccccn3)c2c1. The zero-order valence-electron chi connectivity index (χ0n) is 21.8. The number of ketones is 1. The second kappa shape index (κ2) is 10.8. The first-order chi connectivity index (χ1) is 18.8. The highest BCUT2D eigenvalue weighted by Crippen LogP contribution is 2.38. The van der Waals surface area contributed by atoms with Gasteiger partial charge in [-0.25, -0.2) is 0 Å². The van der Waals surface area contributed by atoms with E-state index in [1.807, 2.05) is 78.9 Å². The third kappa shape index (κ3) is 5.22. The van der Waals surface area contributed by atoms with Crippen LogP contribution in [0.3, 0.4) is 0 Å². The lowest BCUT2D eigenvalue weighted by molar-refractivity contribution is -0.136. The Balaban J connectivity index is 1.82. The van der Waals surface area contributed by atoms with Gasteiger partial charge in [-0.15, -0.1) is 0 Å². The van der Waals surface area contributed by atoms with Gasteiger partial charge in [0.1, 0.15) is 6.04 Å². The highest BCUT2D eigenvalue weighted by atomic mass is 16.4. The van der Waals surface area contributed by atoms with Crippen molar-refractivity contribution >= 4 is 28.2 Å². The summed E-state index contributed by atoms with van der Waals surface area (Å²) in [5.41, 5.74) is 13.3. The summed E-state index contributed by atoms with van der Waals surface area (Å²) in [4.78, 5) is 28.6. The first-order valence-electron chi connectivity index (χ1n) is 12.7. The maximum Gasteiger partial charge on any atom is 0.307 e. The molecule has 6 heteroatoms. The van der Waals surface area contributed by atoms with Gasteiger partial charge in [0.2, 0.25) is 0 Å². The van der Waals surface area contributed by atoms with E-state index in [9.17, 15) is 14.7 Å². The molecule has 3 aromatic carbocycles. The van der Waals surface area contributed by atoms with Crippen LogP contribution in [0, 0.1) is 0 Å². The molecule has 0 aliphatic rings. The quantitative estimate of drug-likeness (QED) is 0.238. The molecule has 5 rings (SSSR count). The van der Waals surface area contributed by atoms with Crippen molar-refractivity contribution < 1.29 is 14.7 Å². The molecule has 0 amide bonds. The highest BCUT2D eigenvalue weighted by Gasteiger charge is 2.23. The number of benzene rings is 3.